The molecule has 0 bridgehead atoms. The highest BCUT2D eigenvalue weighted by atomic mass is 19.4. The minimum atomic E-state index is -4.53. The van der Waals surface area contributed by atoms with Crippen LogP contribution in [-0.2, 0) is 24.1 Å². The number of alkyl halides is 3. The predicted octanol–water partition coefficient (Wildman–Crippen LogP) is 2.79. The van der Waals surface area contributed by atoms with Gasteiger partial charge in [-0.15, -0.1) is 0 Å². The maximum Gasteiger partial charge on any atom is 0.435 e. The number of benzene rings is 1. The SMILES string of the molecule is O=C(Cn1ccc(C(F)(F)F)n1)Nc1cccc(Cn2cccn2)c1. The quantitative estimate of drug-likeness (QED) is 0.770. The van der Waals surface area contributed by atoms with Gasteiger partial charge in [-0.25, -0.2) is 0 Å². The van der Waals surface area contributed by atoms with Crippen molar-refractivity contribution in [2.45, 2.75) is 19.3 Å². The normalized spacial score (nSPS) is 11.5. The van der Waals surface area contributed by atoms with E-state index in [0.29, 0.717) is 12.2 Å². The first-order valence-electron chi connectivity index (χ1n) is 7.37. The Balaban J connectivity index is 1.62. The summed E-state index contributed by atoms with van der Waals surface area (Å²) in [6.07, 6.45) is 0.0885. The van der Waals surface area contributed by atoms with E-state index >= 15 is 0 Å². The van der Waals surface area contributed by atoms with Crippen LogP contribution in [0.1, 0.15) is 11.3 Å². The molecule has 6 nitrogen and oxygen atoms in total. The van der Waals surface area contributed by atoms with Crippen LogP contribution in [0.2, 0.25) is 0 Å². The highest BCUT2D eigenvalue weighted by Gasteiger charge is 2.33. The van der Waals surface area contributed by atoms with Gasteiger partial charge in [-0.05, 0) is 29.8 Å². The minimum absolute atomic E-state index is 0.306. The van der Waals surface area contributed by atoms with Crippen molar-refractivity contribution < 1.29 is 18.0 Å². The lowest BCUT2D eigenvalue weighted by molar-refractivity contribution is -0.141. The fraction of sp³-hybridized carbons (Fsp3) is 0.188. The van der Waals surface area contributed by atoms with Crippen molar-refractivity contribution in [1.82, 2.24) is 19.6 Å². The summed E-state index contributed by atoms with van der Waals surface area (Å²) < 4.78 is 40.2. The molecule has 2 aromatic heterocycles. The molecule has 0 radical (unpaired) electrons. The van der Waals surface area contributed by atoms with Crippen LogP contribution in [0, 0.1) is 0 Å². The van der Waals surface area contributed by atoms with E-state index in [1.807, 2.05) is 18.3 Å². The third-order valence-corrected chi connectivity index (χ3v) is 3.35. The van der Waals surface area contributed by atoms with E-state index in [0.717, 1.165) is 22.5 Å². The fourth-order valence-electron chi connectivity index (χ4n) is 2.28. The number of halogens is 3. The van der Waals surface area contributed by atoms with Crippen LogP contribution < -0.4 is 5.32 Å². The molecule has 2 heterocycles. The molecule has 3 aromatic rings. The molecule has 0 spiro atoms. The number of hydrogen-bond donors (Lipinski definition) is 1. The predicted molar refractivity (Wildman–Crippen MR) is 83.6 cm³/mol. The summed E-state index contributed by atoms with van der Waals surface area (Å²) in [6, 6.07) is 9.80. The van der Waals surface area contributed by atoms with Crippen molar-refractivity contribution in [3.05, 3.63) is 66.2 Å². The van der Waals surface area contributed by atoms with E-state index in [1.54, 1.807) is 29.1 Å². The maximum absolute atomic E-state index is 12.5. The molecule has 9 heteroatoms. The van der Waals surface area contributed by atoms with Gasteiger partial charge in [0.25, 0.3) is 0 Å². The van der Waals surface area contributed by atoms with Gasteiger partial charge < -0.3 is 5.32 Å². The number of carbonyl (C=O) groups is 1. The van der Waals surface area contributed by atoms with Gasteiger partial charge in [0.2, 0.25) is 5.91 Å². The summed E-state index contributed by atoms with van der Waals surface area (Å²) in [5.41, 5.74) is 0.458. The van der Waals surface area contributed by atoms with Crippen LogP contribution in [0.4, 0.5) is 18.9 Å². The second-order valence-electron chi connectivity index (χ2n) is 5.35. The van der Waals surface area contributed by atoms with E-state index in [2.05, 4.69) is 15.5 Å². The molecular formula is C16H14F3N5O. The first kappa shape index (κ1) is 16.7. The average Bonchev–Trinajstić information content (AvgIpc) is 3.18. The van der Waals surface area contributed by atoms with Crippen LogP contribution in [0.15, 0.2) is 55.0 Å². The second kappa shape index (κ2) is 6.80. The van der Waals surface area contributed by atoms with E-state index in [-0.39, 0.29) is 6.54 Å². The van der Waals surface area contributed by atoms with Gasteiger partial charge in [0.05, 0.1) is 6.54 Å². The summed E-state index contributed by atoms with van der Waals surface area (Å²) in [4.78, 5) is 12.0. The molecule has 0 unspecified atom stereocenters. The van der Waals surface area contributed by atoms with Gasteiger partial charge >= 0.3 is 6.18 Å². The van der Waals surface area contributed by atoms with E-state index in [4.69, 9.17) is 0 Å². The number of hydrogen-bond acceptors (Lipinski definition) is 3. The van der Waals surface area contributed by atoms with Crippen molar-refractivity contribution in [2.24, 2.45) is 0 Å². The van der Waals surface area contributed by atoms with Crippen molar-refractivity contribution in [1.29, 1.82) is 0 Å². The fourth-order valence-corrected chi connectivity index (χ4v) is 2.28. The summed E-state index contributed by atoms with van der Waals surface area (Å²) in [6.45, 7) is 0.240. The zero-order valence-corrected chi connectivity index (χ0v) is 12.9. The molecule has 0 atom stereocenters. The van der Waals surface area contributed by atoms with Crippen LogP contribution in [-0.4, -0.2) is 25.5 Å². The van der Waals surface area contributed by atoms with Crippen LogP contribution >= 0.6 is 0 Å². The summed E-state index contributed by atoms with van der Waals surface area (Å²) >= 11 is 0. The minimum Gasteiger partial charge on any atom is -0.324 e. The zero-order chi connectivity index (χ0) is 17.9. The van der Waals surface area contributed by atoms with E-state index in [1.165, 1.54) is 0 Å². The van der Waals surface area contributed by atoms with Crippen molar-refractivity contribution in [3.63, 3.8) is 0 Å². The third-order valence-electron chi connectivity index (χ3n) is 3.35. The van der Waals surface area contributed by atoms with Crippen molar-refractivity contribution in [2.75, 3.05) is 5.32 Å². The highest BCUT2D eigenvalue weighted by Crippen LogP contribution is 2.27. The molecule has 0 saturated heterocycles. The van der Waals surface area contributed by atoms with E-state index in [9.17, 15) is 18.0 Å². The summed E-state index contributed by atoms with van der Waals surface area (Å²) in [5.74, 6) is -0.465. The first-order valence-corrected chi connectivity index (χ1v) is 7.37. The maximum atomic E-state index is 12.5. The Morgan fingerprint density at radius 3 is 2.64 bits per heavy atom. The number of nitrogens with zero attached hydrogens (tertiary/aromatic N) is 4. The molecule has 0 saturated carbocycles. The molecule has 1 aromatic carbocycles. The molecule has 0 aliphatic heterocycles. The lowest BCUT2D eigenvalue weighted by Gasteiger charge is -2.08. The number of carbonyl (C=O) groups excluding carboxylic acids is 1. The Kier molecular flexibility index (Phi) is 4.55. The van der Waals surface area contributed by atoms with Gasteiger partial charge in [0.1, 0.15) is 6.54 Å². The van der Waals surface area contributed by atoms with Crippen LogP contribution in [0.3, 0.4) is 0 Å². The lowest BCUT2D eigenvalue weighted by Crippen LogP contribution is -2.20. The average molecular weight is 349 g/mol. The molecule has 1 amide bonds. The Hall–Kier alpha value is -3.10. The van der Waals surface area contributed by atoms with Crippen LogP contribution in [0.5, 0.6) is 0 Å². The van der Waals surface area contributed by atoms with Gasteiger partial charge in [-0.3, -0.25) is 14.2 Å². The Morgan fingerprint density at radius 1 is 1.12 bits per heavy atom. The number of anilines is 1. The molecule has 1 N–H and O–H groups in total. The van der Waals surface area contributed by atoms with Gasteiger partial charge in [0, 0.05) is 24.3 Å². The molecule has 0 aliphatic carbocycles. The van der Waals surface area contributed by atoms with E-state index < -0.39 is 17.8 Å². The smallest absolute Gasteiger partial charge is 0.324 e. The molecule has 0 fully saturated rings. The molecule has 25 heavy (non-hydrogen) atoms. The number of amides is 1. The number of aromatic nitrogens is 4. The summed E-state index contributed by atoms with van der Waals surface area (Å²) in [5, 5.41) is 10.1. The molecule has 3 rings (SSSR count). The highest BCUT2D eigenvalue weighted by molar-refractivity contribution is 5.90. The first-order chi connectivity index (χ1) is 11.9. The molecule has 130 valence electrons. The van der Waals surface area contributed by atoms with Gasteiger partial charge in [-0.1, -0.05) is 12.1 Å². The monoisotopic (exact) mass is 349 g/mol. The Bertz CT molecular complexity index is 855. The van der Waals surface area contributed by atoms with Crippen molar-refractivity contribution in [3.8, 4) is 0 Å². The standard InChI is InChI=1S/C16H14F3N5O/c17-16(18,19)14-5-8-24(22-14)11-15(25)21-13-4-1-3-12(9-13)10-23-7-2-6-20-23/h1-9H,10-11H2,(H,21,25). The zero-order valence-electron chi connectivity index (χ0n) is 12.9. The summed E-state index contributed by atoms with van der Waals surface area (Å²) in [7, 11) is 0. The van der Waals surface area contributed by atoms with Crippen LogP contribution in [0.25, 0.3) is 0 Å². The van der Waals surface area contributed by atoms with Crippen molar-refractivity contribution >= 4 is 11.6 Å². The topological polar surface area (TPSA) is 64.7 Å². The Labute approximate surface area is 140 Å². The number of rotatable bonds is 5. The van der Waals surface area contributed by atoms with Gasteiger partial charge in [0.15, 0.2) is 5.69 Å². The van der Waals surface area contributed by atoms with Gasteiger partial charge in [-0.2, -0.15) is 23.4 Å². The largest absolute Gasteiger partial charge is 0.435 e. The number of nitrogens with one attached hydrogen (secondary N) is 1. The molecule has 0 aliphatic rings. The molecular weight excluding hydrogens is 335 g/mol. The second-order valence-corrected chi connectivity index (χ2v) is 5.35. The Morgan fingerprint density at radius 2 is 1.96 bits per heavy atom. The lowest BCUT2D eigenvalue weighted by atomic mass is 10.2. The third kappa shape index (κ3) is 4.46.